The third-order valence-electron chi connectivity index (χ3n) is 6.00. The molecule has 1 atom stereocenters. The second-order valence-electron chi connectivity index (χ2n) is 7.67. The maximum Gasteiger partial charge on any atom is 0.253 e. The molecule has 1 amide bonds. The third-order valence-corrected chi connectivity index (χ3v) is 6.00. The predicted molar refractivity (Wildman–Crippen MR) is 104 cm³/mol. The van der Waals surface area contributed by atoms with E-state index < -0.39 is 0 Å². The number of nitrogens with zero attached hydrogens (tertiary/aromatic N) is 4. The van der Waals surface area contributed by atoms with E-state index in [1.165, 1.54) is 0 Å². The average Bonchev–Trinajstić information content (AvgIpc) is 3.20. The summed E-state index contributed by atoms with van der Waals surface area (Å²) in [5.41, 5.74) is 1.41. The summed E-state index contributed by atoms with van der Waals surface area (Å²) in [6.07, 6.45) is 6.92. The minimum Gasteiger partial charge on any atom is -0.508 e. The Morgan fingerprint density at radius 2 is 1.78 bits per heavy atom. The fourth-order valence-corrected chi connectivity index (χ4v) is 4.35. The normalized spacial score (nSPS) is 20.9. The zero-order chi connectivity index (χ0) is 18.8. The number of phenolic OH excluding ortho intramolecular Hbond substituents is 1. The van der Waals surface area contributed by atoms with Gasteiger partial charge in [0.05, 0.1) is 0 Å². The Morgan fingerprint density at radius 3 is 2.48 bits per heavy atom. The molecule has 1 unspecified atom stereocenters. The van der Waals surface area contributed by atoms with Crippen molar-refractivity contribution < 1.29 is 9.90 Å². The number of amides is 1. The van der Waals surface area contributed by atoms with Crippen LogP contribution in [0.25, 0.3) is 0 Å². The maximum atomic E-state index is 12.8. The number of likely N-dealkylation sites (tertiary alicyclic amines) is 1. The van der Waals surface area contributed by atoms with Crippen LogP contribution in [0, 0.1) is 18.8 Å². The lowest BCUT2D eigenvalue weighted by molar-refractivity contribution is 0.0780. The van der Waals surface area contributed by atoms with Gasteiger partial charge in [0.15, 0.2) is 0 Å². The Hall–Kier alpha value is -2.63. The van der Waals surface area contributed by atoms with Crippen LogP contribution < -0.4 is 4.90 Å². The predicted octanol–water partition coefficient (Wildman–Crippen LogP) is 2.87. The molecule has 2 aliphatic rings. The summed E-state index contributed by atoms with van der Waals surface area (Å²) in [6.45, 7) is 5.45. The van der Waals surface area contributed by atoms with Gasteiger partial charge in [-0.15, -0.1) is 0 Å². The molecule has 2 saturated heterocycles. The molecule has 0 radical (unpaired) electrons. The molecule has 0 saturated carbocycles. The number of aromatic hydroxyl groups is 1. The van der Waals surface area contributed by atoms with Crippen molar-refractivity contribution in [2.24, 2.45) is 11.8 Å². The molecule has 2 aliphatic heterocycles. The van der Waals surface area contributed by atoms with Crippen LogP contribution in [-0.4, -0.2) is 52.1 Å². The zero-order valence-electron chi connectivity index (χ0n) is 15.7. The summed E-state index contributed by atoms with van der Waals surface area (Å²) in [7, 11) is 0. The van der Waals surface area contributed by atoms with Crippen LogP contribution in [-0.2, 0) is 0 Å². The summed E-state index contributed by atoms with van der Waals surface area (Å²) in [6, 6.07) is 6.95. The van der Waals surface area contributed by atoms with Gasteiger partial charge in [-0.2, -0.15) is 0 Å². The molecule has 2 aromatic rings. The van der Waals surface area contributed by atoms with Gasteiger partial charge in [-0.1, -0.05) is 0 Å². The van der Waals surface area contributed by atoms with Gasteiger partial charge in [-0.25, -0.2) is 9.97 Å². The smallest absolute Gasteiger partial charge is 0.253 e. The van der Waals surface area contributed by atoms with E-state index in [0.717, 1.165) is 57.0 Å². The molecule has 3 heterocycles. The Labute approximate surface area is 159 Å². The van der Waals surface area contributed by atoms with E-state index in [-0.39, 0.29) is 11.7 Å². The highest BCUT2D eigenvalue weighted by molar-refractivity contribution is 5.94. The lowest BCUT2D eigenvalue weighted by Crippen LogP contribution is -2.38. The van der Waals surface area contributed by atoms with Gasteiger partial charge in [-0.05, 0) is 67.9 Å². The van der Waals surface area contributed by atoms with Gasteiger partial charge in [0.2, 0.25) is 5.95 Å². The van der Waals surface area contributed by atoms with Crippen molar-refractivity contribution in [2.45, 2.75) is 26.2 Å². The molecule has 0 aliphatic carbocycles. The molecule has 4 rings (SSSR count). The van der Waals surface area contributed by atoms with E-state index in [1.54, 1.807) is 30.6 Å². The zero-order valence-corrected chi connectivity index (χ0v) is 15.7. The lowest BCUT2D eigenvalue weighted by Gasteiger charge is -2.34. The van der Waals surface area contributed by atoms with Crippen LogP contribution in [0.5, 0.6) is 5.75 Å². The van der Waals surface area contributed by atoms with Crippen molar-refractivity contribution in [2.75, 3.05) is 31.1 Å². The number of aryl methyl sites for hydroxylation is 1. The molecule has 27 heavy (non-hydrogen) atoms. The minimum atomic E-state index is 0.0794. The number of aromatic nitrogens is 2. The molecule has 0 bridgehead atoms. The van der Waals surface area contributed by atoms with Gasteiger partial charge >= 0.3 is 0 Å². The first kappa shape index (κ1) is 17.8. The van der Waals surface area contributed by atoms with Crippen LogP contribution >= 0.6 is 0 Å². The summed E-state index contributed by atoms with van der Waals surface area (Å²) in [4.78, 5) is 25.7. The number of benzene rings is 1. The van der Waals surface area contributed by atoms with Crippen molar-refractivity contribution >= 4 is 11.9 Å². The van der Waals surface area contributed by atoms with Crippen molar-refractivity contribution in [3.8, 4) is 5.75 Å². The van der Waals surface area contributed by atoms with E-state index >= 15 is 0 Å². The first-order valence-corrected chi connectivity index (χ1v) is 9.72. The summed E-state index contributed by atoms with van der Waals surface area (Å²) in [5, 5.41) is 9.67. The van der Waals surface area contributed by atoms with E-state index in [4.69, 9.17) is 0 Å². The van der Waals surface area contributed by atoms with Crippen molar-refractivity contribution in [3.63, 3.8) is 0 Å². The molecule has 1 aromatic heterocycles. The summed E-state index contributed by atoms with van der Waals surface area (Å²) >= 11 is 0. The van der Waals surface area contributed by atoms with Crippen molar-refractivity contribution in [3.05, 3.63) is 47.8 Å². The average molecular weight is 366 g/mol. The van der Waals surface area contributed by atoms with E-state index in [2.05, 4.69) is 14.9 Å². The standard InChI is InChI=1S/C21H26N4O2/c1-15-13-17(3-4-19(15)26)20(27)25-12-7-18(14-25)16-5-10-24(11-6-16)21-22-8-2-9-23-21/h2-4,8-9,13,16,18,26H,5-7,10-12,14H2,1H3. The monoisotopic (exact) mass is 366 g/mol. The Kier molecular flexibility index (Phi) is 4.97. The highest BCUT2D eigenvalue weighted by atomic mass is 16.3. The largest absolute Gasteiger partial charge is 0.508 e. The lowest BCUT2D eigenvalue weighted by atomic mass is 9.84. The summed E-state index contributed by atoms with van der Waals surface area (Å²) < 4.78 is 0. The first-order valence-electron chi connectivity index (χ1n) is 9.72. The number of carbonyl (C=O) groups is 1. The topological polar surface area (TPSA) is 69.6 Å². The highest BCUT2D eigenvalue weighted by Gasteiger charge is 2.34. The Balaban J connectivity index is 1.33. The molecular weight excluding hydrogens is 340 g/mol. The van der Waals surface area contributed by atoms with Crippen molar-refractivity contribution in [1.82, 2.24) is 14.9 Å². The van der Waals surface area contributed by atoms with Gasteiger partial charge in [0.25, 0.3) is 5.91 Å². The Bertz CT molecular complexity index is 803. The highest BCUT2D eigenvalue weighted by Crippen LogP contribution is 2.33. The molecule has 142 valence electrons. The second-order valence-corrected chi connectivity index (χ2v) is 7.67. The number of phenols is 1. The fourth-order valence-electron chi connectivity index (χ4n) is 4.35. The van der Waals surface area contributed by atoms with E-state index in [1.807, 2.05) is 17.9 Å². The third kappa shape index (κ3) is 3.75. The Morgan fingerprint density at radius 1 is 1.07 bits per heavy atom. The fraction of sp³-hybridized carbons (Fsp3) is 0.476. The van der Waals surface area contributed by atoms with Crippen LogP contribution in [0.15, 0.2) is 36.7 Å². The molecular formula is C21H26N4O2. The van der Waals surface area contributed by atoms with E-state index in [0.29, 0.717) is 17.4 Å². The van der Waals surface area contributed by atoms with Gasteiger partial charge in [0, 0.05) is 44.1 Å². The van der Waals surface area contributed by atoms with Crippen LogP contribution in [0.4, 0.5) is 5.95 Å². The molecule has 6 heteroatoms. The molecule has 6 nitrogen and oxygen atoms in total. The molecule has 1 aromatic carbocycles. The maximum absolute atomic E-state index is 12.8. The molecule has 1 N–H and O–H groups in total. The first-order chi connectivity index (χ1) is 13.1. The number of anilines is 1. The van der Waals surface area contributed by atoms with Crippen LogP contribution in [0.2, 0.25) is 0 Å². The molecule has 0 spiro atoms. The van der Waals surface area contributed by atoms with Gasteiger partial charge in [0.1, 0.15) is 5.75 Å². The molecule has 2 fully saturated rings. The van der Waals surface area contributed by atoms with Gasteiger partial charge in [-0.3, -0.25) is 4.79 Å². The van der Waals surface area contributed by atoms with Crippen LogP contribution in [0.3, 0.4) is 0 Å². The second kappa shape index (κ2) is 7.55. The number of rotatable bonds is 3. The minimum absolute atomic E-state index is 0.0794. The van der Waals surface area contributed by atoms with E-state index in [9.17, 15) is 9.90 Å². The number of hydrogen-bond donors (Lipinski definition) is 1. The number of piperidine rings is 1. The van der Waals surface area contributed by atoms with Crippen molar-refractivity contribution in [1.29, 1.82) is 0 Å². The van der Waals surface area contributed by atoms with Crippen LogP contribution in [0.1, 0.15) is 35.2 Å². The summed E-state index contributed by atoms with van der Waals surface area (Å²) in [5.74, 6) is 2.37. The van der Waals surface area contributed by atoms with Gasteiger partial charge < -0.3 is 14.9 Å². The number of hydrogen-bond acceptors (Lipinski definition) is 5. The number of carbonyl (C=O) groups excluding carboxylic acids is 1. The quantitative estimate of drug-likeness (QED) is 0.905. The SMILES string of the molecule is Cc1cc(C(=O)N2CCC(C3CCN(c4ncccn4)CC3)C2)ccc1O.